The second-order valence-electron chi connectivity index (χ2n) is 4.93. The Balaban J connectivity index is 2.44. The van der Waals surface area contributed by atoms with E-state index in [9.17, 15) is 9.59 Å². The lowest BCUT2D eigenvalue weighted by atomic mass is 9.99. The van der Waals surface area contributed by atoms with Crippen LogP contribution in [0.2, 0.25) is 0 Å². The maximum absolute atomic E-state index is 11.7. The van der Waals surface area contributed by atoms with Crippen LogP contribution in [0.15, 0.2) is 30.3 Å². The van der Waals surface area contributed by atoms with Crippen molar-refractivity contribution < 1.29 is 14.3 Å². The summed E-state index contributed by atoms with van der Waals surface area (Å²) in [4.78, 5) is 23.2. The number of nitrogens with one attached hydrogen (secondary N) is 1. The van der Waals surface area contributed by atoms with E-state index in [0.717, 1.165) is 5.56 Å². The molecule has 1 N–H and O–H groups in total. The summed E-state index contributed by atoms with van der Waals surface area (Å²) < 4.78 is 5.15. The van der Waals surface area contributed by atoms with Crippen molar-refractivity contribution in [1.29, 1.82) is 0 Å². The second-order valence-corrected chi connectivity index (χ2v) is 5.49. The molecule has 1 unspecified atom stereocenters. The summed E-state index contributed by atoms with van der Waals surface area (Å²) in [6.07, 6.45) is -0.182. The van der Waals surface area contributed by atoms with E-state index < -0.39 is 6.09 Å². The van der Waals surface area contributed by atoms with Crippen LogP contribution in [0.5, 0.6) is 0 Å². The van der Waals surface area contributed by atoms with Crippen LogP contribution in [0, 0.1) is 5.92 Å². The first-order chi connectivity index (χ1) is 9.52. The zero-order chi connectivity index (χ0) is 15.0. The Hall–Kier alpha value is -1.36. The molecule has 110 valence electrons. The smallest absolute Gasteiger partial charge is 0.407 e. The Bertz CT molecular complexity index is 434. The van der Waals surface area contributed by atoms with E-state index in [1.54, 1.807) is 0 Å². The van der Waals surface area contributed by atoms with Gasteiger partial charge in [-0.2, -0.15) is 0 Å². The molecule has 0 bridgehead atoms. The van der Waals surface area contributed by atoms with Gasteiger partial charge in [0.2, 0.25) is 0 Å². The van der Waals surface area contributed by atoms with Gasteiger partial charge < -0.3 is 10.1 Å². The molecule has 20 heavy (non-hydrogen) atoms. The molecule has 0 fully saturated rings. The number of amides is 1. The second kappa shape index (κ2) is 8.74. The monoisotopic (exact) mass is 341 g/mol. The van der Waals surface area contributed by atoms with Gasteiger partial charge in [-0.1, -0.05) is 60.1 Å². The topological polar surface area (TPSA) is 55.4 Å². The highest BCUT2D eigenvalue weighted by molar-refractivity contribution is 9.09. The molecule has 4 nitrogen and oxygen atoms in total. The van der Waals surface area contributed by atoms with Gasteiger partial charge in [0.05, 0.1) is 5.33 Å². The molecule has 0 aliphatic carbocycles. The third kappa shape index (κ3) is 6.19. The fourth-order valence-corrected chi connectivity index (χ4v) is 1.90. The summed E-state index contributed by atoms with van der Waals surface area (Å²) in [7, 11) is 0. The van der Waals surface area contributed by atoms with Crippen LogP contribution in [-0.4, -0.2) is 23.2 Å². The molecule has 0 aliphatic rings. The first-order valence-corrected chi connectivity index (χ1v) is 7.70. The SMILES string of the molecule is CC(C)C(CC(=O)CBr)NC(=O)OCc1ccccc1. The molecule has 1 atom stereocenters. The Labute approximate surface area is 128 Å². The summed E-state index contributed by atoms with van der Waals surface area (Å²) in [6, 6.07) is 9.26. The van der Waals surface area contributed by atoms with E-state index in [2.05, 4.69) is 21.2 Å². The van der Waals surface area contributed by atoms with Crippen LogP contribution in [0.3, 0.4) is 0 Å². The number of ether oxygens (including phenoxy) is 1. The quantitative estimate of drug-likeness (QED) is 0.774. The number of carbonyl (C=O) groups excluding carboxylic acids is 2. The van der Waals surface area contributed by atoms with Gasteiger partial charge in [-0.05, 0) is 11.5 Å². The lowest BCUT2D eigenvalue weighted by Gasteiger charge is -2.21. The summed E-state index contributed by atoms with van der Waals surface area (Å²) in [6.45, 7) is 4.15. The fraction of sp³-hybridized carbons (Fsp3) is 0.467. The minimum absolute atomic E-state index is 0.0621. The van der Waals surface area contributed by atoms with Crippen LogP contribution in [0.1, 0.15) is 25.8 Å². The number of Topliss-reactive ketones (excluding diaryl/α,β-unsaturated/α-hetero) is 1. The maximum Gasteiger partial charge on any atom is 0.407 e. The van der Waals surface area contributed by atoms with Gasteiger partial charge in [-0.25, -0.2) is 4.79 Å². The first-order valence-electron chi connectivity index (χ1n) is 6.57. The average Bonchev–Trinajstić information content (AvgIpc) is 2.45. The summed E-state index contributed by atoms with van der Waals surface area (Å²) in [5.74, 6) is 0.231. The van der Waals surface area contributed by atoms with Crippen LogP contribution in [-0.2, 0) is 16.1 Å². The zero-order valence-corrected chi connectivity index (χ0v) is 13.4. The lowest BCUT2D eigenvalue weighted by Crippen LogP contribution is -2.40. The number of hydrogen-bond donors (Lipinski definition) is 1. The predicted octanol–water partition coefficient (Wildman–Crippen LogP) is 3.29. The van der Waals surface area contributed by atoms with Gasteiger partial charge in [0.25, 0.3) is 0 Å². The highest BCUT2D eigenvalue weighted by atomic mass is 79.9. The largest absolute Gasteiger partial charge is 0.445 e. The number of ketones is 1. The number of rotatable bonds is 7. The van der Waals surface area contributed by atoms with Crippen molar-refractivity contribution in [3.8, 4) is 0 Å². The van der Waals surface area contributed by atoms with Gasteiger partial charge in [0.15, 0.2) is 0 Å². The summed E-state index contributed by atoms with van der Waals surface area (Å²) >= 11 is 3.13. The molecule has 0 aromatic heterocycles. The van der Waals surface area contributed by atoms with E-state index in [1.807, 2.05) is 44.2 Å². The Morgan fingerprint density at radius 2 is 1.90 bits per heavy atom. The molecule has 1 amide bonds. The molecule has 0 saturated carbocycles. The third-order valence-corrected chi connectivity index (χ3v) is 3.54. The van der Waals surface area contributed by atoms with E-state index in [1.165, 1.54) is 0 Å². The van der Waals surface area contributed by atoms with Crippen LogP contribution in [0.4, 0.5) is 4.79 Å². The summed E-state index contributed by atoms with van der Waals surface area (Å²) in [5.41, 5.74) is 0.931. The molecule has 1 aromatic carbocycles. The molecule has 0 aliphatic heterocycles. The van der Waals surface area contributed by atoms with Crippen molar-refractivity contribution in [3.63, 3.8) is 0 Å². The molecule has 0 spiro atoms. The minimum atomic E-state index is -0.491. The molecule has 0 heterocycles. The van der Waals surface area contributed by atoms with Crippen molar-refractivity contribution in [2.75, 3.05) is 5.33 Å². The highest BCUT2D eigenvalue weighted by Crippen LogP contribution is 2.09. The number of alkyl carbamates (subject to hydrolysis) is 1. The van der Waals surface area contributed by atoms with Crippen molar-refractivity contribution in [2.45, 2.75) is 32.9 Å². The number of benzene rings is 1. The van der Waals surface area contributed by atoms with E-state index in [0.29, 0.717) is 11.8 Å². The number of hydrogen-bond acceptors (Lipinski definition) is 3. The van der Waals surface area contributed by atoms with Gasteiger partial charge in [0, 0.05) is 12.5 Å². The molecule has 5 heteroatoms. The van der Waals surface area contributed by atoms with E-state index >= 15 is 0 Å². The molecule has 0 saturated heterocycles. The van der Waals surface area contributed by atoms with E-state index in [4.69, 9.17) is 4.74 Å². The highest BCUT2D eigenvalue weighted by Gasteiger charge is 2.19. The van der Waals surface area contributed by atoms with Gasteiger partial charge in [-0.15, -0.1) is 0 Å². The zero-order valence-electron chi connectivity index (χ0n) is 11.8. The first kappa shape index (κ1) is 16.7. The van der Waals surface area contributed by atoms with Crippen molar-refractivity contribution in [3.05, 3.63) is 35.9 Å². The Morgan fingerprint density at radius 3 is 2.45 bits per heavy atom. The lowest BCUT2D eigenvalue weighted by molar-refractivity contribution is -0.117. The normalized spacial score (nSPS) is 12.0. The van der Waals surface area contributed by atoms with Gasteiger partial charge >= 0.3 is 6.09 Å². The predicted molar refractivity (Wildman–Crippen MR) is 81.8 cm³/mol. The third-order valence-electron chi connectivity index (χ3n) is 2.92. The Kier molecular flexibility index (Phi) is 7.30. The molecule has 1 rings (SSSR count). The number of halogens is 1. The van der Waals surface area contributed by atoms with Gasteiger partial charge in [-0.3, -0.25) is 4.79 Å². The molecular formula is C15H20BrNO3. The number of carbonyl (C=O) groups is 2. The Morgan fingerprint density at radius 1 is 1.25 bits per heavy atom. The summed E-state index contributed by atoms with van der Waals surface area (Å²) in [5, 5.41) is 3.05. The van der Waals surface area contributed by atoms with Crippen LogP contribution < -0.4 is 5.32 Å². The molecule has 0 radical (unpaired) electrons. The number of alkyl halides is 1. The average molecular weight is 342 g/mol. The standard InChI is InChI=1S/C15H20BrNO3/c1-11(2)14(8-13(18)9-16)17-15(19)20-10-12-6-4-3-5-7-12/h3-7,11,14H,8-10H2,1-2H3,(H,17,19). The van der Waals surface area contributed by atoms with Crippen LogP contribution in [0.25, 0.3) is 0 Å². The maximum atomic E-state index is 11.7. The van der Waals surface area contributed by atoms with Crippen molar-refractivity contribution in [2.24, 2.45) is 5.92 Å². The molecule has 1 aromatic rings. The van der Waals surface area contributed by atoms with Crippen molar-refractivity contribution >= 4 is 27.8 Å². The van der Waals surface area contributed by atoms with Crippen molar-refractivity contribution in [1.82, 2.24) is 5.32 Å². The fourth-order valence-electron chi connectivity index (χ4n) is 1.67. The van der Waals surface area contributed by atoms with E-state index in [-0.39, 0.29) is 24.3 Å². The minimum Gasteiger partial charge on any atom is -0.445 e. The molecular weight excluding hydrogens is 322 g/mol. The van der Waals surface area contributed by atoms with Crippen LogP contribution >= 0.6 is 15.9 Å². The van der Waals surface area contributed by atoms with Gasteiger partial charge in [0.1, 0.15) is 12.4 Å².